The van der Waals surface area contributed by atoms with Gasteiger partial charge in [-0.2, -0.15) is 0 Å². The number of ether oxygens (including phenoxy) is 3. The van der Waals surface area contributed by atoms with Crippen LogP contribution in [0.4, 0.5) is 0 Å². The number of carbonyl (C=O) groups is 3. The van der Waals surface area contributed by atoms with E-state index in [1.165, 1.54) is 167 Å². The molecular weight excluding hydrogens is 973 g/mol. The van der Waals surface area contributed by atoms with Crippen molar-refractivity contribution in [1.29, 1.82) is 0 Å². The van der Waals surface area contributed by atoms with Crippen LogP contribution in [0.1, 0.15) is 329 Å². The van der Waals surface area contributed by atoms with Gasteiger partial charge in [0.05, 0.1) is 0 Å². The second kappa shape index (κ2) is 66.8. The molecule has 0 rings (SSSR count). The van der Waals surface area contributed by atoms with Crippen molar-refractivity contribution in [2.45, 2.75) is 335 Å². The van der Waals surface area contributed by atoms with Gasteiger partial charge in [-0.25, -0.2) is 0 Å². The number of allylic oxidation sites excluding steroid dienone is 16. The van der Waals surface area contributed by atoms with E-state index in [0.717, 1.165) is 122 Å². The van der Waals surface area contributed by atoms with Gasteiger partial charge < -0.3 is 14.2 Å². The van der Waals surface area contributed by atoms with E-state index in [1.54, 1.807) is 0 Å². The highest BCUT2D eigenvalue weighted by atomic mass is 16.6. The van der Waals surface area contributed by atoms with E-state index in [-0.39, 0.29) is 31.1 Å². The van der Waals surface area contributed by atoms with Crippen molar-refractivity contribution in [2.75, 3.05) is 13.2 Å². The lowest BCUT2D eigenvalue weighted by atomic mass is 10.0. The summed E-state index contributed by atoms with van der Waals surface area (Å²) in [7, 11) is 0. The van der Waals surface area contributed by atoms with Gasteiger partial charge in [-0.05, 0) is 83.5 Å². The zero-order valence-electron chi connectivity index (χ0n) is 52.1. The van der Waals surface area contributed by atoms with Crippen molar-refractivity contribution in [3.63, 3.8) is 0 Å². The minimum atomic E-state index is -0.781. The third-order valence-electron chi connectivity index (χ3n) is 14.6. The van der Waals surface area contributed by atoms with Crippen LogP contribution in [0.5, 0.6) is 0 Å². The lowest BCUT2D eigenvalue weighted by Crippen LogP contribution is -2.30. The summed E-state index contributed by atoms with van der Waals surface area (Å²) in [4.78, 5) is 38.2. The summed E-state index contributed by atoms with van der Waals surface area (Å²) in [5.74, 6) is -0.881. The SMILES string of the molecule is CC/C=C\C/C=C\C/C=C\C/C=C\C/C=C\C/C=C\C/C=C\C/C=C\CCCCCCCCC(=O)OCC(COC(=O)CCCCCCCCCCC)OC(=O)CCCCCCCCCCCCCCCCCCCCCCC. The van der Waals surface area contributed by atoms with Crippen LogP contribution in [-0.2, 0) is 28.6 Å². The molecule has 0 radical (unpaired) electrons. The van der Waals surface area contributed by atoms with Crippen LogP contribution >= 0.6 is 0 Å². The fraction of sp³-hybridized carbons (Fsp3) is 0.740. The van der Waals surface area contributed by atoms with Crippen molar-refractivity contribution in [3.05, 3.63) is 97.2 Å². The van der Waals surface area contributed by atoms with Crippen LogP contribution < -0.4 is 0 Å². The maximum atomic E-state index is 12.9. The Labute approximate surface area is 489 Å². The van der Waals surface area contributed by atoms with Crippen LogP contribution in [0, 0.1) is 0 Å². The second-order valence-electron chi connectivity index (χ2n) is 22.4. The van der Waals surface area contributed by atoms with Crippen molar-refractivity contribution >= 4 is 17.9 Å². The first-order chi connectivity index (χ1) is 39.0. The lowest BCUT2D eigenvalue weighted by molar-refractivity contribution is -0.167. The van der Waals surface area contributed by atoms with E-state index in [1.807, 2.05) is 0 Å². The van der Waals surface area contributed by atoms with Crippen LogP contribution in [0.2, 0.25) is 0 Å². The quantitative estimate of drug-likeness (QED) is 0.0261. The van der Waals surface area contributed by atoms with Crippen LogP contribution in [0.15, 0.2) is 97.2 Å². The van der Waals surface area contributed by atoms with Gasteiger partial charge in [-0.3, -0.25) is 14.4 Å². The standard InChI is InChI=1S/C73H126O6/c1-4-7-10-13-16-19-21-23-25-27-29-31-32-33-34-35-36-37-38-39-40-42-43-45-47-49-51-54-57-60-63-66-72(75)78-69-70(68-77-71(74)65-62-59-56-53-18-15-12-9-6-3)79-73(76)67-64-61-58-55-52-50-48-46-44-41-30-28-26-24-22-20-17-14-11-8-5-2/h7,10,16,19,23,25,29,31,33-34,36-37,39-40,43,45,70H,4-6,8-9,11-15,17-18,20-22,24,26-28,30,32,35,38,41-42,44,46-69H2,1-3H3/b10-7-,19-16-,25-23-,31-29-,34-33-,37-36-,40-39-,45-43-. The molecule has 79 heavy (non-hydrogen) atoms. The van der Waals surface area contributed by atoms with Gasteiger partial charge in [-0.15, -0.1) is 0 Å². The topological polar surface area (TPSA) is 78.9 Å². The highest BCUT2D eigenvalue weighted by molar-refractivity contribution is 5.71. The van der Waals surface area contributed by atoms with Crippen molar-refractivity contribution in [3.8, 4) is 0 Å². The summed E-state index contributed by atoms with van der Waals surface area (Å²) < 4.78 is 16.9. The molecule has 0 aromatic heterocycles. The number of rotatable bonds is 61. The van der Waals surface area contributed by atoms with Crippen molar-refractivity contribution in [2.24, 2.45) is 0 Å². The number of hydrogen-bond acceptors (Lipinski definition) is 6. The molecule has 0 bridgehead atoms. The van der Waals surface area contributed by atoms with E-state index in [4.69, 9.17) is 14.2 Å². The Balaban J connectivity index is 4.22. The Bertz CT molecular complexity index is 1540. The van der Waals surface area contributed by atoms with Crippen LogP contribution in [-0.4, -0.2) is 37.2 Å². The summed E-state index contributed by atoms with van der Waals surface area (Å²) in [5.41, 5.74) is 0. The Morgan fingerprint density at radius 3 is 0.772 bits per heavy atom. The Hall–Kier alpha value is -3.67. The monoisotopic (exact) mass is 1100 g/mol. The fourth-order valence-corrected chi connectivity index (χ4v) is 9.58. The van der Waals surface area contributed by atoms with Crippen molar-refractivity contribution < 1.29 is 28.6 Å². The number of hydrogen-bond donors (Lipinski definition) is 0. The van der Waals surface area contributed by atoms with E-state index in [2.05, 4.69) is 118 Å². The predicted molar refractivity (Wildman–Crippen MR) is 344 cm³/mol. The number of esters is 3. The maximum absolute atomic E-state index is 12.9. The molecule has 0 aliphatic heterocycles. The number of carbonyl (C=O) groups excluding carboxylic acids is 3. The summed E-state index contributed by atoms with van der Waals surface area (Å²) in [6, 6.07) is 0. The van der Waals surface area contributed by atoms with Gasteiger partial charge in [0.25, 0.3) is 0 Å². The molecule has 0 fully saturated rings. The average molecular weight is 1100 g/mol. The molecule has 0 heterocycles. The zero-order valence-corrected chi connectivity index (χ0v) is 52.1. The molecular formula is C73H126O6. The Morgan fingerprint density at radius 1 is 0.266 bits per heavy atom. The molecule has 0 spiro atoms. The van der Waals surface area contributed by atoms with Gasteiger partial charge in [-0.1, -0.05) is 323 Å². The fourth-order valence-electron chi connectivity index (χ4n) is 9.58. The van der Waals surface area contributed by atoms with E-state index < -0.39 is 6.10 Å². The van der Waals surface area contributed by atoms with E-state index in [9.17, 15) is 14.4 Å². The van der Waals surface area contributed by atoms with Gasteiger partial charge >= 0.3 is 17.9 Å². The maximum Gasteiger partial charge on any atom is 0.306 e. The van der Waals surface area contributed by atoms with Crippen LogP contribution in [0.3, 0.4) is 0 Å². The smallest absolute Gasteiger partial charge is 0.306 e. The van der Waals surface area contributed by atoms with Gasteiger partial charge in [0.15, 0.2) is 6.10 Å². The molecule has 0 aromatic carbocycles. The zero-order chi connectivity index (χ0) is 57.1. The summed E-state index contributed by atoms with van der Waals surface area (Å²) in [6.45, 7) is 6.53. The molecule has 0 saturated heterocycles. The summed E-state index contributed by atoms with van der Waals surface area (Å²) in [5, 5.41) is 0. The molecule has 454 valence electrons. The second-order valence-corrected chi connectivity index (χ2v) is 22.4. The lowest BCUT2D eigenvalue weighted by Gasteiger charge is -2.18. The third-order valence-corrected chi connectivity index (χ3v) is 14.6. The average Bonchev–Trinajstić information content (AvgIpc) is 3.45. The Kier molecular flexibility index (Phi) is 63.7. The molecule has 0 aromatic rings. The van der Waals surface area contributed by atoms with Crippen molar-refractivity contribution in [1.82, 2.24) is 0 Å². The molecule has 6 heteroatoms. The predicted octanol–water partition coefficient (Wildman–Crippen LogP) is 23.2. The third kappa shape index (κ3) is 65.0. The highest BCUT2D eigenvalue weighted by Gasteiger charge is 2.19. The van der Waals surface area contributed by atoms with Gasteiger partial charge in [0, 0.05) is 19.3 Å². The molecule has 1 atom stereocenters. The normalized spacial score (nSPS) is 12.7. The molecule has 0 aliphatic rings. The minimum absolute atomic E-state index is 0.0778. The number of unbranched alkanes of at least 4 members (excludes halogenated alkanes) is 34. The first-order valence-electron chi connectivity index (χ1n) is 33.7. The molecule has 0 aliphatic carbocycles. The van der Waals surface area contributed by atoms with E-state index in [0.29, 0.717) is 19.3 Å². The molecule has 1 unspecified atom stereocenters. The first kappa shape index (κ1) is 75.3. The van der Waals surface area contributed by atoms with Gasteiger partial charge in [0.2, 0.25) is 0 Å². The summed E-state index contributed by atoms with van der Waals surface area (Å²) >= 11 is 0. The molecule has 0 N–H and O–H groups in total. The highest BCUT2D eigenvalue weighted by Crippen LogP contribution is 2.17. The van der Waals surface area contributed by atoms with E-state index >= 15 is 0 Å². The molecule has 0 amide bonds. The minimum Gasteiger partial charge on any atom is -0.462 e. The van der Waals surface area contributed by atoms with Gasteiger partial charge in [0.1, 0.15) is 13.2 Å². The first-order valence-corrected chi connectivity index (χ1v) is 33.7. The summed E-state index contributed by atoms with van der Waals surface area (Å²) in [6.07, 6.45) is 90.0. The molecule has 6 nitrogen and oxygen atoms in total. The largest absolute Gasteiger partial charge is 0.462 e. The molecule has 0 saturated carbocycles. The van der Waals surface area contributed by atoms with Crippen LogP contribution in [0.25, 0.3) is 0 Å². The Morgan fingerprint density at radius 2 is 0.494 bits per heavy atom.